The Kier molecular flexibility index (Phi) is 7.61. The molecule has 0 radical (unpaired) electrons. The van der Waals surface area contributed by atoms with Gasteiger partial charge in [-0.2, -0.15) is 0 Å². The molecule has 4 nitrogen and oxygen atoms in total. The van der Waals surface area contributed by atoms with Crippen LogP contribution in [0.5, 0.6) is 0 Å². The van der Waals surface area contributed by atoms with Gasteiger partial charge in [0.15, 0.2) is 17.5 Å². The Hall–Kier alpha value is -2.83. The Morgan fingerprint density at radius 3 is 2.29 bits per heavy atom. The van der Waals surface area contributed by atoms with E-state index in [2.05, 4.69) is 5.32 Å². The number of nitrogens with one attached hydrogen (secondary N) is 1. The molecule has 0 fully saturated rings. The average molecular weight is 392 g/mol. The maximum Gasteiger partial charge on any atom is 0.244 e. The van der Waals surface area contributed by atoms with Gasteiger partial charge in [0.2, 0.25) is 11.8 Å². The first-order valence-corrected chi connectivity index (χ1v) is 9.16. The number of nitrogens with zero attached hydrogens (tertiary/aromatic N) is 1. The van der Waals surface area contributed by atoms with E-state index in [9.17, 15) is 22.8 Å². The van der Waals surface area contributed by atoms with Gasteiger partial charge in [-0.1, -0.05) is 44.2 Å². The van der Waals surface area contributed by atoms with E-state index in [0.717, 1.165) is 17.7 Å². The lowest BCUT2D eigenvalue weighted by molar-refractivity contribution is -0.136. The molecular formula is C21H23F3N2O2. The molecule has 0 bridgehead atoms. The highest BCUT2D eigenvalue weighted by Gasteiger charge is 2.26. The minimum atomic E-state index is -1.66. The standard InChI is InChI=1S/C21H23F3N2O2/c1-3-12-26(21(28)15(4-2)14-8-6-5-7-9-14)13-18(27)25-17-11-10-16(22)19(23)20(17)24/h5-11,15H,3-4,12-13H2,1-2H3,(H,25,27). The van der Waals surface area contributed by atoms with Crippen LogP contribution in [0, 0.1) is 17.5 Å². The summed E-state index contributed by atoms with van der Waals surface area (Å²) in [6.45, 7) is 3.79. The zero-order valence-electron chi connectivity index (χ0n) is 15.8. The molecule has 0 aromatic heterocycles. The second-order valence-electron chi connectivity index (χ2n) is 6.40. The van der Waals surface area contributed by atoms with Gasteiger partial charge < -0.3 is 10.2 Å². The highest BCUT2D eigenvalue weighted by molar-refractivity contribution is 5.95. The molecule has 28 heavy (non-hydrogen) atoms. The van der Waals surface area contributed by atoms with Crippen LogP contribution in [0.2, 0.25) is 0 Å². The molecule has 0 saturated carbocycles. The summed E-state index contributed by atoms with van der Waals surface area (Å²) in [5, 5.41) is 2.20. The number of hydrogen-bond donors (Lipinski definition) is 1. The largest absolute Gasteiger partial charge is 0.333 e. The summed E-state index contributed by atoms with van der Waals surface area (Å²) < 4.78 is 40.1. The maximum atomic E-state index is 13.8. The molecule has 0 saturated heterocycles. The van der Waals surface area contributed by atoms with Crippen molar-refractivity contribution in [2.75, 3.05) is 18.4 Å². The van der Waals surface area contributed by atoms with E-state index in [4.69, 9.17) is 0 Å². The molecule has 2 aromatic rings. The lowest BCUT2D eigenvalue weighted by Crippen LogP contribution is -2.41. The maximum absolute atomic E-state index is 13.8. The summed E-state index contributed by atoms with van der Waals surface area (Å²) in [6.07, 6.45) is 1.19. The van der Waals surface area contributed by atoms with Gasteiger partial charge in [-0.05, 0) is 30.5 Å². The van der Waals surface area contributed by atoms with Crippen molar-refractivity contribution in [2.45, 2.75) is 32.6 Å². The summed E-state index contributed by atoms with van der Waals surface area (Å²) in [5.74, 6) is -5.77. The van der Waals surface area contributed by atoms with E-state index in [1.807, 2.05) is 44.2 Å². The first-order valence-electron chi connectivity index (χ1n) is 9.16. The molecule has 1 unspecified atom stereocenters. The Bertz CT molecular complexity index is 828. The van der Waals surface area contributed by atoms with Crippen LogP contribution < -0.4 is 5.32 Å². The number of anilines is 1. The van der Waals surface area contributed by atoms with Crippen LogP contribution >= 0.6 is 0 Å². The first kappa shape index (κ1) is 21.5. The normalized spacial score (nSPS) is 11.8. The van der Waals surface area contributed by atoms with E-state index < -0.39 is 35.0 Å². The topological polar surface area (TPSA) is 49.4 Å². The number of benzene rings is 2. The van der Waals surface area contributed by atoms with Gasteiger partial charge >= 0.3 is 0 Å². The summed E-state index contributed by atoms with van der Waals surface area (Å²) in [4.78, 5) is 26.7. The number of amides is 2. The molecule has 0 aliphatic carbocycles. The number of carbonyl (C=O) groups is 2. The second-order valence-corrected chi connectivity index (χ2v) is 6.40. The van der Waals surface area contributed by atoms with Crippen LogP contribution in [0.1, 0.15) is 38.2 Å². The van der Waals surface area contributed by atoms with Crippen molar-refractivity contribution < 1.29 is 22.8 Å². The highest BCUT2D eigenvalue weighted by atomic mass is 19.2. The third-order valence-electron chi connectivity index (χ3n) is 4.36. The lowest BCUT2D eigenvalue weighted by Gasteiger charge is -2.26. The second kappa shape index (κ2) is 9.92. The van der Waals surface area contributed by atoms with Gasteiger partial charge in [-0.25, -0.2) is 13.2 Å². The van der Waals surface area contributed by atoms with Crippen LogP contribution in [0.3, 0.4) is 0 Å². The number of rotatable bonds is 8. The fraction of sp³-hybridized carbons (Fsp3) is 0.333. The Morgan fingerprint density at radius 1 is 1.00 bits per heavy atom. The quantitative estimate of drug-likeness (QED) is 0.674. The zero-order valence-corrected chi connectivity index (χ0v) is 15.8. The average Bonchev–Trinajstić information content (AvgIpc) is 2.69. The predicted molar refractivity (Wildman–Crippen MR) is 101 cm³/mol. The summed E-state index contributed by atoms with van der Waals surface area (Å²) in [5.41, 5.74) is 0.381. The minimum Gasteiger partial charge on any atom is -0.333 e. The highest BCUT2D eigenvalue weighted by Crippen LogP contribution is 2.23. The number of hydrogen-bond acceptors (Lipinski definition) is 2. The Labute approximate surface area is 162 Å². The number of carbonyl (C=O) groups excluding carboxylic acids is 2. The molecule has 2 aromatic carbocycles. The van der Waals surface area contributed by atoms with Crippen LogP contribution in [0.4, 0.5) is 18.9 Å². The molecule has 1 N–H and O–H groups in total. The summed E-state index contributed by atoms with van der Waals surface area (Å²) >= 11 is 0. The van der Waals surface area contributed by atoms with E-state index in [0.29, 0.717) is 19.4 Å². The molecule has 2 rings (SSSR count). The number of halogens is 3. The van der Waals surface area contributed by atoms with Crippen molar-refractivity contribution in [3.05, 3.63) is 65.5 Å². The van der Waals surface area contributed by atoms with Crippen LogP contribution in [-0.2, 0) is 9.59 Å². The third-order valence-corrected chi connectivity index (χ3v) is 4.36. The molecule has 7 heteroatoms. The molecule has 0 aliphatic heterocycles. The summed E-state index contributed by atoms with van der Waals surface area (Å²) in [7, 11) is 0. The summed E-state index contributed by atoms with van der Waals surface area (Å²) in [6, 6.07) is 10.9. The van der Waals surface area contributed by atoms with Crippen molar-refractivity contribution in [1.82, 2.24) is 4.90 Å². The van der Waals surface area contributed by atoms with Crippen LogP contribution in [-0.4, -0.2) is 29.8 Å². The Morgan fingerprint density at radius 2 is 1.68 bits per heavy atom. The fourth-order valence-corrected chi connectivity index (χ4v) is 2.98. The van der Waals surface area contributed by atoms with Crippen LogP contribution in [0.15, 0.2) is 42.5 Å². The van der Waals surface area contributed by atoms with Gasteiger partial charge in [0.05, 0.1) is 18.2 Å². The van der Waals surface area contributed by atoms with E-state index in [1.54, 1.807) is 0 Å². The van der Waals surface area contributed by atoms with Crippen molar-refractivity contribution in [1.29, 1.82) is 0 Å². The smallest absolute Gasteiger partial charge is 0.244 e. The van der Waals surface area contributed by atoms with Gasteiger partial charge in [0.25, 0.3) is 0 Å². The van der Waals surface area contributed by atoms with Crippen molar-refractivity contribution in [3.8, 4) is 0 Å². The fourth-order valence-electron chi connectivity index (χ4n) is 2.98. The zero-order chi connectivity index (χ0) is 20.7. The SMILES string of the molecule is CCCN(CC(=O)Nc1ccc(F)c(F)c1F)C(=O)C(CC)c1ccccc1. The van der Waals surface area contributed by atoms with Crippen molar-refractivity contribution >= 4 is 17.5 Å². The van der Waals surface area contributed by atoms with Crippen LogP contribution in [0.25, 0.3) is 0 Å². The van der Waals surface area contributed by atoms with Gasteiger partial charge in [0.1, 0.15) is 0 Å². The minimum absolute atomic E-state index is 0.212. The van der Waals surface area contributed by atoms with Gasteiger partial charge in [-0.15, -0.1) is 0 Å². The van der Waals surface area contributed by atoms with Gasteiger partial charge in [0, 0.05) is 6.54 Å². The lowest BCUT2D eigenvalue weighted by atomic mass is 9.95. The van der Waals surface area contributed by atoms with E-state index >= 15 is 0 Å². The molecule has 2 amide bonds. The van der Waals surface area contributed by atoms with Crippen molar-refractivity contribution in [3.63, 3.8) is 0 Å². The molecule has 150 valence electrons. The monoisotopic (exact) mass is 392 g/mol. The molecule has 0 aliphatic rings. The molecule has 0 heterocycles. The Balaban J connectivity index is 2.14. The molecule has 0 spiro atoms. The third kappa shape index (κ3) is 5.12. The van der Waals surface area contributed by atoms with E-state index in [1.165, 1.54) is 4.90 Å². The molecule has 1 atom stereocenters. The van der Waals surface area contributed by atoms with E-state index in [-0.39, 0.29) is 12.5 Å². The predicted octanol–water partition coefficient (Wildman–Crippen LogP) is 4.47. The van der Waals surface area contributed by atoms with Crippen molar-refractivity contribution in [2.24, 2.45) is 0 Å². The molecular weight excluding hydrogens is 369 g/mol. The first-order chi connectivity index (χ1) is 13.4. The van der Waals surface area contributed by atoms with Gasteiger partial charge in [-0.3, -0.25) is 9.59 Å².